The minimum Gasteiger partial charge on any atom is -0.480 e. The molecule has 6 rings (SSSR count). The number of benzene rings is 5. The summed E-state index contributed by atoms with van der Waals surface area (Å²) in [6.07, 6.45) is 0.231. The van der Waals surface area contributed by atoms with Gasteiger partial charge in [-0.15, -0.1) is 0 Å². The minimum atomic E-state index is -0.950. The van der Waals surface area contributed by atoms with E-state index in [-0.39, 0.29) is 12.0 Å². The van der Waals surface area contributed by atoms with Gasteiger partial charge in [-0.1, -0.05) is 127 Å². The van der Waals surface area contributed by atoms with Crippen LogP contribution in [-0.4, -0.2) is 21.7 Å². The van der Waals surface area contributed by atoms with E-state index in [0.29, 0.717) is 5.56 Å². The van der Waals surface area contributed by atoms with Gasteiger partial charge in [-0.3, -0.25) is 14.9 Å². The number of fused-ring (bicyclic) bond motifs is 1. The van der Waals surface area contributed by atoms with Crippen molar-refractivity contribution in [2.75, 3.05) is 0 Å². The van der Waals surface area contributed by atoms with Crippen LogP contribution in [0.1, 0.15) is 33.5 Å². The molecular formula is C40H36N2O3. The van der Waals surface area contributed by atoms with Gasteiger partial charge in [0.1, 0.15) is 6.04 Å². The van der Waals surface area contributed by atoms with Gasteiger partial charge >= 0.3 is 5.97 Å². The third-order valence-corrected chi connectivity index (χ3v) is 8.88. The van der Waals surface area contributed by atoms with Gasteiger partial charge in [0.05, 0.1) is 11.1 Å². The van der Waals surface area contributed by atoms with Crippen LogP contribution in [0.2, 0.25) is 0 Å². The first-order valence-corrected chi connectivity index (χ1v) is 15.2. The highest BCUT2D eigenvalue weighted by Gasteiger charge is 2.40. The molecule has 1 aromatic heterocycles. The predicted molar refractivity (Wildman–Crippen MR) is 182 cm³/mol. The van der Waals surface area contributed by atoms with E-state index in [4.69, 9.17) is 0 Å². The molecule has 0 saturated carbocycles. The fraction of sp³-hybridized carbons (Fsp3) is 0.150. The van der Waals surface area contributed by atoms with E-state index in [2.05, 4.69) is 5.32 Å². The summed E-state index contributed by atoms with van der Waals surface area (Å²) in [4.78, 5) is 26.6. The summed E-state index contributed by atoms with van der Waals surface area (Å²) in [6.45, 7) is 3.89. The second kappa shape index (κ2) is 12.4. The van der Waals surface area contributed by atoms with E-state index in [9.17, 15) is 14.7 Å². The number of aliphatic carboxylic acids is 1. The number of carbonyl (C=O) groups is 1. The van der Waals surface area contributed by atoms with Crippen LogP contribution in [0.5, 0.6) is 0 Å². The standard InChI is InChI=1S/C40H36N2O3/c1-27-25-28(2)42(3)38(43)37(27)35-24-23-29(33-21-13-14-22-34(33)35)26-36(39(44)45)41-40(30-15-7-4-8-16-30,31-17-9-5-10-18-31)32-19-11-6-12-20-32/h4-25,36,41H,26H2,1-3H3,(H,44,45)/t36-/m0/s1. The quantitative estimate of drug-likeness (QED) is 0.172. The third kappa shape index (κ3) is 5.47. The monoisotopic (exact) mass is 592 g/mol. The van der Waals surface area contributed by atoms with Gasteiger partial charge in [-0.25, -0.2) is 0 Å². The number of aryl methyl sites for hydroxylation is 2. The van der Waals surface area contributed by atoms with E-state index < -0.39 is 17.6 Å². The maximum absolute atomic E-state index is 13.4. The van der Waals surface area contributed by atoms with Gasteiger partial charge in [0.15, 0.2) is 0 Å². The van der Waals surface area contributed by atoms with Crippen molar-refractivity contribution in [1.29, 1.82) is 0 Å². The summed E-state index contributed by atoms with van der Waals surface area (Å²) in [7, 11) is 1.79. The molecule has 224 valence electrons. The number of nitrogens with one attached hydrogen (secondary N) is 1. The van der Waals surface area contributed by atoms with Crippen LogP contribution in [0.4, 0.5) is 0 Å². The van der Waals surface area contributed by atoms with Crippen LogP contribution >= 0.6 is 0 Å². The van der Waals surface area contributed by atoms with Gasteiger partial charge < -0.3 is 9.67 Å². The van der Waals surface area contributed by atoms with Crippen molar-refractivity contribution >= 4 is 16.7 Å². The summed E-state index contributed by atoms with van der Waals surface area (Å²) in [6, 6.07) is 43.0. The fourth-order valence-electron chi connectivity index (χ4n) is 6.56. The van der Waals surface area contributed by atoms with Crippen LogP contribution in [0.25, 0.3) is 21.9 Å². The van der Waals surface area contributed by atoms with Gasteiger partial charge in [-0.05, 0) is 70.5 Å². The lowest BCUT2D eigenvalue weighted by atomic mass is 9.76. The van der Waals surface area contributed by atoms with Crippen LogP contribution in [-0.2, 0) is 23.8 Å². The number of carboxylic acids is 1. The van der Waals surface area contributed by atoms with Gasteiger partial charge in [0.25, 0.3) is 5.56 Å². The molecule has 0 aliphatic heterocycles. The zero-order chi connectivity index (χ0) is 31.6. The lowest BCUT2D eigenvalue weighted by molar-refractivity contribution is -0.139. The lowest BCUT2D eigenvalue weighted by Gasteiger charge is -2.39. The predicted octanol–water partition coefficient (Wildman–Crippen LogP) is 7.40. The summed E-state index contributed by atoms with van der Waals surface area (Å²) in [5.74, 6) is -0.946. The van der Waals surface area contributed by atoms with Gasteiger partial charge in [0, 0.05) is 12.7 Å². The maximum atomic E-state index is 13.4. The Balaban J connectivity index is 1.50. The molecule has 0 aliphatic carbocycles. The summed E-state index contributed by atoms with van der Waals surface area (Å²) < 4.78 is 1.67. The summed E-state index contributed by atoms with van der Waals surface area (Å²) >= 11 is 0. The molecule has 5 aromatic carbocycles. The highest BCUT2D eigenvalue weighted by Crippen LogP contribution is 2.38. The number of carboxylic acid groups (broad SMARTS) is 1. The van der Waals surface area contributed by atoms with Crippen molar-refractivity contribution in [3.63, 3.8) is 0 Å². The molecule has 0 saturated heterocycles. The van der Waals surface area contributed by atoms with E-state index in [0.717, 1.165) is 49.8 Å². The largest absolute Gasteiger partial charge is 0.480 e. The maximum Gasteiger partial charge on any atom is 0.321 e. The van der Waals surface area contributed by atoms with E-state index in [1.54, 1.807) is 11.6 Å². The molecule has 2 N–H and O–H groups in total. The molecular weight excluding hydrogens is 556 g/mol. The number of hydrogen-bond donors (Lipinski definition) is 2. The molecule has 5 heteroatoms. The number of hydrogen-bond acceptors (Lipinski definition) is 3. The molecule has 1 heterocycles. The Labute approximate surface area is 263 Å². The van der Waals surface area contributed by atoms with E-state index in [1.807, 2.05) is 147 Å². The van der Waals surface area contributed by atoms with Crippen molar-refractivity contribution < 1.29 is 9.90 Å². The smallest absolute Gasteiger partial charge is 0.321 e. The zero-order valence-corrected chi connectivity index (χ0v) is 25.7. The number of aromatic nitrogens is 1. The Bertz CT molecular complexity index is 1940. The first-order valence-electron chi connectivity index (χ1n) is 15.2. The Morgan fingerprint density at radius 3 is 1.73 bits per heavy atom. The van der Waals surface area contributed by atoms with Crippen molar-refractivity contribution in [3.8, 4) is 11.1 Å². The molecule has 0 bridgehead atoms. The van der Waals surface area contributed by atoms with Crippen molar-refractivity contribution in [1.82, 2.24) is 9.88 Å². The second-order valence-corrected chi connectivity index (χ2v) is 11.6. The Kier molecular flexibility index (Phi) is 8.20. The van der Waals surface area contributed by atoms with Crippen molar-refractivity contribution in [3.05, 3.63) is 177 Å². The molecule has 0 unspecified atom stereocenters. The summed E-state index contributed by atoms with van der Waals surface area (Å²) in [5.41, 5.74) is 6.06. The highest BCUT2D eigenvalue weighted by atomic mass is 16.4. The molecule has 0 aliphatic rings. The normalized spacial score (nSPS) is 12.2. The van der Waals surface area contributed by atoms with Crippen molar-refractivity contribution in [2.45, 2.75) is 31.8 Å². The van der Waals surface area contributed by atoms with E-state index in [1.165, 1.54) is 0 Å². The topological polar surface area (TPSA) is 71.3 Å². The lowest BCUT2D eigenvalue weighted by Crippen LogP contribution is -2.53. The van der Waals surface area contributed by atoms with Gasteiger partial charge in [0.2, 0.25) is 0 Å². The van der Waals surface area contributed by atoms with E-state index >= 15 is 0 Å². The molecule has 0 fully saturated rings. The number of rotatable bonds is 9. The fourth-order valence-corrected chi connectivity index (χ4v) is 6.56. The third-order valence-electron chi connectivity index (χ3n) is 8.88. The SMILES string of the molecule is Cc1cc(C)n(C)c(=O)c1-c1ccc(C[C@H](NC(c2ccccc2)(c2ccccc2)c2ccccc2)C(=O)O)c2ccccc12. The van der Waals surface area contributed by atoms with Crippen LogP contribution in [0.15, 0.2) is 138 Å². The number of pyridine rings is 1. The molecule has 45 heavy (non-hydrogen) atoms. The average Bonchev–Trinajstić information content (AvgIpc) is 3.07. The Hall–Kier alpha value is -5.26. The van der Waals surface area contributed by atoms with Crippen LogP contribution < -0.4 is 10.9 Å². The Morgan fingerprint density at radius 2 is 1.22 bits per heavy atom. The minimum absolute atomic E-state index is 0.0474. The zero-order valence-electron chi connectivity index (χ0n) is 25.7. The summed E-state index contributed by atoms with van der Waals surface area (Å²) in [5, 5.41) is 16.3. The van der Waals surface area contributed by atoms with Crippen LogP contribution in [0.3, 0.4) is 0 Å². The number of nitrogens with zero attached hydrogens (tertiary/aromatic N) is 1. The molecule has 0 radical (unpaired) electrons. The molecule has 1 atom stereocenters. The second-order valence-electron chi connectivity index (χ2n) is 11.6. The Morgan fingerprint density at radius 1 is 0.733 bits per heavy atom. The highest BCUT2D eigenvalue weighted by molar-refractivity contribution is 5.99. The molecule has 6 aromatic rings. The van der Waals surface area contributed by atoms with Gasteiger partial charge in [-0.2, -0.15) is 0 Å². The average molecular weight is 593 g/mol. The molecule has 5 nitrogen and oxygen atoms in total. The molecule has 0 amide bonds. The van der Waals surface area contributed by atoms with Crippen molar-refractivity contribution in [2.24, 2.45) is 7.05 Å². The molecule has 0 spiro atoms. The first kappa shape index (κ1) is 29.8. The van der Waals surface area contributed by atoms with Crippen LogP contribution in [0, 0.1) is 13.8 Å². The first-order chi connectivity index (χ1) is 21.8.